The van der Waals surface area contributed by atoms with Gasteiger partial charge in [-0.2, -0.15) is 0 Å². The number of hydrogen-bond donors (Lipinski definition) is 1. The molecule has 2 rings (SSSR count). The fraction of sp³-hybridized carbons (Fsp3) is 0.357. The van der Waals surface area contributed by atoms with E-state index in [4.69, 9.17) is 17.3 Å². The summed E-state index contributed by atoms with van der Waals surface area (Å²) >= 11 is 6.07. The maximum Gasteiger partial charge on any atom is 0.128 e. The Hall–Kier alpha value is -1.48. The largest absolute Gasteiger partial charge is 0.383 e. The fourth-order valence-corrected chi connectivity index (χ4v) is 1.91. The van der Waals surface area contributed by atoms with E-state index < -0.39 is 0 Å². The van der Waals surface area contributed by atoms with Crippen LogP contribution >= 0.6 is 11.6 Å². The van der Waals surface area contributed by atoms with Gasteiger partial charge in [0.15, 0.2) is 0 Å². The first-order chi connectivity index (χ1) is 8.59. The number of aromatic nitrogens is 2. The Morgan fingerprint density at radius 2 is 2.00 bits per heavy atom. The summed E-state index contributed by atoms with van der Waals surface area (Å²) in [4.78, 5) is 4.07. The minimum Gasteiger partial charge on any atom is -0.383 e. The lowest BCUT2D eigenvalue weighted by molar-refractivity contribution is 0.772. The monoisotopic (exact) mass is 265 g/mol. The highest BCUT2D eigenvalue weighted by atomic mass is 35.5. The zero-order valence-electron chi connectivity index (χ0n) is 11.4. The van der Waals surface area contributed by atoms with Crippen LogP contribution in [0.5, 0.6) is 0 Å². The van der Waals surface area contributed by atoms with E-state index in [0.29, 0.717) is 12.4 Å². The van der Waals surface area contributed by atoms with Crippen molar-refractivity contribution in [1.29, 1.82) is 0 Å². The van der Waals surface area contributed by atoms with Crippen LogP contribution in [0.1, 0.15) is 30.7 Å². The molecule has 0 aliphatic carbocycles. The average Bonchev–Trinajstić information content (AvgIpc) is 2.62. The molecule has 0 aromatic carbocycles. The standard InChI is InChI=1S/C12H14ClN3.C2H6/c1-8-9(2)16(7-11(8)13)6-10-4-3-5-15-12(10)14;1-2/h3-5,7H,6H2,1-2H3,(H2,14,15);1-2H3. The molecule has 0 unspecified atom stereocenters. The van der Waals surface area contributed by atoms with Crippen molar-refractivity contribution in [3.8, 4) is 0 Å². The van der Waals surface area contributed by atoms with E-state index >= 15 is 0 Å². The summed E-state index contributed by atoms with van der Waals surface area (Å²) in [5.41, 5.74) is 9.09. The molecule has 2 aromatic heterocycles. The van der Waals surface area contributed by atoms with Crippen molar-refractivity contribution in [3.63, 3.8) is 0 Å². The van der Waals surface area contributed by atoms with Gasteiger partial charge in [-0.3, -0.25) is 0 Å². The van der Waals surface area contributed by atoms with Crippen LogP contribution in [-0.2, 0) is 6.54 Å². The zero-order valence-corrected chi connectivity index (χ0v) is 12.1. The van der Waals surface area contributed by atoms with Gasteiger partial charge in [-0.25, -0.2) is 4.98 Å². The summed E-state index contributed by atoms with van der Waals surface area (Å²) in [6.45, 7) is 8.77. The third-order valence-corrected chi connectivity index (χ3v) is 3.25. The van der Waals surface area contributed by atoms with Gasteiger partial charge in [-0.1, -0.05) is 31.5 Å². The highest BCUT2D eigenvalue weighted by Crippen LogP contribution is 2.22. The van der Waals surface area contributed by atoms with E-state index in [1.165, 1.54) is 0 Å². The van der Waals surface area contributed by atoms with Crippen molar-refractivity contribution in [2.45, 2.75) is 34.2 Å². The molecule has 3 nitrogen and oxygen atoms in total. The number of hydrogen-bond acceptors (Lipinski definition) is 2. The van der Waals surface area contributed by atoms with Crippen LogP contribution in [0.25, 0.3) is 0 Å². The minimum atomic E-state index is 0.573. The number of nitrogens with zero attached hydrogens (tertiary/aromatic N) is 2. The second-order valence-electron chi connectivity index (χ2n) is 3.86. The predicted molar refractivity (Wildman–Crippen MR) is 78.0 cm³/mol. The molecular formula is C14H20ClN3. The van der Waals surface area contributed by atoms with Gasteiger partial charge < -0.3 is 10.3 Å². The summed E-state index contributed by atoms with van der Waals surface area (Å²) in [7, 11) is 0. The number of halogens is 1. The normalized spacial score (nSPS) is 9.83. The van der Waals surface area contributed by atoms with Gasteiger partial charge in [0.2, 0.25) is 0 Å². The van der Waals surface area contributed by atoms with Gasteiger partial charge >= 0.3 is 0 Å². The molecule has 0 radical (unpaired) electrons. The third kappa shape index (κ3) is 3.05. The molecule has 0 aliphatic rings. The van der Waals surface area contributed by atoms with Crippen LogP contribution < -0.4 is 5.73 Å². The van der Waals surface area contributed by atoms with Crippen LogP contribution in [0.15, 0.2) is 24.5 Å². The minimum absolute atomic E-state index is 0.573. The molecule has 0 fully saturated rings. The molecule has 0 amide bonds. The van der Waals surface area contributed by atoms with E-state index in [9.17, 15) is 0 Å². The molecule has 0 aliphatic heterocycles. The van der Waals surface area contributed by atoms with Gasteiger partial charge in [-0.15, -0.1) is 0 Å². The maximum absolute atomic E-state index is 6.07. The number of pyridine rings is 1. The van der Waals surface area contributed by atoms with Crippen molar-refractivity contribution in [1.82, 2.24) is 9.55 Å². The second-order valence-corrected chi connectivity index (χ2v) is 4.27. The number of nitrogens with two attached hydrogens (primary N) is 1. The first-order valence-electron chi connectivity index (χ1n) is 6.11. The van der Waals surface area contributed by atoms with Crippen LogP contribution in [0, 0.1) is 13.8 Å². The lowest BCUT2D eigenvalue weighted by Gasteiger charge is -2.08. The van der Waals surface area contributed by atoms with Crippen LogP contribution in [0.2, 0.25) is 5.02 Å². The van der Waals surface area contributed by atoms with Gasteiger partial charge in [0.05, 0.1) is 11.6 Å². The Bertz CT molecular complexity index is 518. The summed E-state index contributed by atoms with van der Waals surface area (Å²) in [5, 5.41) is 0.792. The quantitative estimate of drug-likeness (QED) is 0.897. The summed E-state index contributed by atoms with van der Waals surface area (Å²) < 4.78 is 2.09. The molecular weight excluding hydrogens is 246 g/mol. The fourth-order valence-electron chi connectivity index (χ4n) is 1.65. The molecule has 0 saturated heterocycles. The molecule has 2 heterocycles. The van der Waals surface area contributed by atoms with Crippen molar-refractivity contribution in [2.24, 2.45) is 0 Å². The topological polar surface area (TPSA) is 43.8 Å². The summed E-state index contributed by atoms with van der Waals surface area (Å²) in [6, 6.07) is 3.87. The molecule has 0 saturated carbocycles. The van der Waals surface area contributed by atoms with Crippen LogP contribution in [-0.4, -0.2) is 9.55 Å². The molecule has 0 spiro atoms. The number of nitrogen functional groups attached to an aromatic ring is 1. The van der Waals surface area contributed by atoms with Crippen molar-refractivity contribution >= 4 is 17.4 Å². The van der Waals surface area contributed by atoms with Gasteiger partial charge in [-0.05, 0) is 25.5 Å². The Balaban J connectivity index is 0.000000771. The van der Waals surface area contributed by atoms with E-state index in [1.807, 2.05) is 46.0 Å². The molecule has 18 heavy (non-hydrogen) atoms. The van der Waals surface area contributed by atoms with E-state index in [-0.39, 0.29) is 0 Å². The molecule has 0 bridgehead atoms. The van der Waals surface area contributed by atoms with E-state index in [0.717, 1.165) is 21.8 Å². The maximum atomic E-state index is 6.07. The van der Waals surface area contributed by atoms with Crippen molar-refractivity contribution < 1.29 is 0 Å². The van der Waals surface area contributed by atoms with Gasteiger partial charge in [0.25, 0.3) is 0 Å². The molecule has 2 N–H and O–H groups in total. The van der Waals surface area contributed by atoms with Crippen LogP contribution in [0.4, 0.5) is 5.82 Å². The number of rotatable bonds is 2. The van der Waals surface area contributed by atoms with E-state index in [2.05, 4.69) is 9.55 Å². The lowest BCUT2D eigenvalue weighted by Crippen LogP contribution is -2.04. The first kappa shape index (κ1) is 14.6. The van der Waals surface area contributed by atoms with Gasteiger partial charge in [0, 0.05) is 23.7 Å². The molecule has 4 heteroatoms. The third-order valence-electron chi connectivity index (χ3n) is 2.87. The van der Waals surface area contributed by atoms with Crippen molar-refractivity contribution in [3.05, 3.63) is 46.4 Å². The second kappa shape index (κ2) is 6.45. The summed E-state index contributed by atoms with van der Waals surface area (Å²) in [5.74, 6) is 0.573. The Morgan fingerprint density at radius 1 is 1.33 bits per heavy atom. The van der Waals surface area contributed by atoms with Crippen molar-refractivity contribution in [2.75, 3.05) is 5.73 Å². The highest BCUT2D eigenvalue weighted by molar-refractivity contribution is 6.31. The highest BCUT2D eigenvalue weighted by Gasteiger charge is 2.08. The van der Waals surface area contributed by atoms with Crippen LogP contribution in [0.3, 0.4) is 0 Å². The summed E-state index contributed by atoms with van der Waals surface area (Å²) in [6.07, 6.45) is 3.62. The zero-order chi connectivity index (χ0) is 13.7. The lowest BCUT2D eigenvalue weighted by atomic mass is 10.2. The molecule has 98 valence electrons. The number of anilines is 1. The Morgan fingerprint density at radius 3 is 2.50 bits per heavy atom. The molecule has 0 atom stereocenters. The van der Waals surface area contributed by atoms with Gasteiger partial charge in [0.1, 0.15) is 5.82 Å². The first-order valence-corrected chi connectivity index (χ1v) is 6.48. The smallest absolute Gasteiger partial charge is 0.128 e. The average molecular weight is 266 g/mol. The predicted octanol–water partition coefficient (Wildman–Crippen LogP) is 3.81. The van der Waals surface area contributed by atoms with E-state index in [1.54, 1.807) is 6.20 Å². The Kier molecular flexibility index (Phi) is 5.23. The molecule has 2 aromatic rings. The SMILES string of the molecule is CC.Cc1c(Cl)cn(Cc2cccnc2N)c1C. The Labute approximate surface area is 114 Å².